The third-order valence-corrected chi connectivity index (χ3v) is 4.78. The number of aromatic amines is 1. The minimum Gasteiger partial charge on any atom is -0.481 e. The van der Waals surface area contributed by atoms with Crippen molar-refractivity contribution >= 4 is 22.8 Å². The van der Waals surface area contributed by atoms with Crippen molar-refractivity contribution in [3.05, 3.63) is 35.5 Å². The number of carbonyl (C=O) groups is 2. The number of benzene rings is 1. The number of para-hydroxylation sites is 1. The van der Waals surface area contributed by atoms with Gasteiger partial charge in [-0.25, -0.2) is 0 Å². The van der Waals surface area contributed by atoms with Gasteiger partial charge < -0.3 is 15.4 Å². The van der Waals surface area contributed by atoms with Gasteiger partial charge >= 0.3 is 5.97 Å². The highest BCUT2D eigenvalue weighted by Gasteiger charge is 2.30. The standard InChI is InChI=1S/C18H22N2O3/c1-11-3-2-4-15-13(10-19-17(11)15)6-8-16(21)20-14-7-5-12(9-14)18(22)23/h2-4,10,12,14,19H,5-9H2,1H3,(H,20,21)(H,22,23)/t12-,14-/m1/s1. The molecule has 0 spiro atoms. The molecule has 1 heterocycles. The van der Waals surface area contributed by atoms with E-state index in [1.165, 1.54) is 10.9 Å². The maximum atomic E-state index is 12.1. The molecule has 1 aromatic carbocycles. The normalized spacial score (nSPS) is 20.7. The van der Waals surface area contributed by atoms with Crippen molar-refractivity contribution in [3.8, 4) is 0 Å². The first-order valence-electron chi connectivity index (χ1n) is 8.12. The number of carboxylic acid groups (broad SMARTS) is 1. The number of hydrogen-bond donors (Lipinski definition) is 3. The molecule has 3 N–H and O–H groups in total. The fourth-order valence-electron chi connectivity index (χ4n) is 3.46. The highest BCUT2D eigenvalue weighted by molar-refractivity contribution is 5.86. The van der Waals surface area contributed by atoms with Crippen molar-refractivity contribution in [3.63, 3.8) is 0 Å². The molecule has 122 valence electrons. The molecule has 0 saturated heterocycles. The fourth-order valence-corrected chi connectivity index (χ4v) is 3.46. The average molecular weight is 314 g/mol. The molecule has 0 aliphatic heterocycles. The Morgan fingerprint density at radius 2 is 2.17 bits per heavy atom. The van der Waals surface area contributed by atoms with E-state index in [1.54, 1.807) is 0 Å². The molecule has 5 nitrogen and oxygen atoms in total. The van der Waals surface area contributed by atoms with E-state index in [2.05, 4.69) is 29.4 Å². The lowest BCUT2D eigenvalue weighted by Gasteiger charge is -2.12. The molecule has 0 unspecified atom stereocenters. The number of fused-ring (bicyclic) bond motifs is 1. The van der Waals surface area contributed by atoms with Crippen molar-refractivity contribution in [2.45, 2.75) is 45.1 Å². The first-order chi connectivity index (χ1) is 11.0. The zero-order valence-corrected chi connectivity index (χ0v) is 13.3. The van der Waals surface area contributed by atoms with E-state index in [9.17, 15) is 9.59 Å². The summed E-state index contributed by atoms with van der Waals surface area (Å²) < 4.78 is 0. The molecule has 0 radical (unpaired) electrons. The highest BCUT2D eigenvalue weighted by Crippen LogP contribution is 2.26. The van der Waals surface area contributed by atoms with Gasteiger partial charge in [-0.3, -0.25) is 9.59 Å². The fraction of sp³-hybridized carbons (Fsp3) is 0.444. The molecule has 1 aromatic heterocycles. The van der Waals surface area contributed by atoms with Gasteiger partial charge in [-0.15, -0.1) is 0 Å². The van der Waals surface area contributed by atoms with Crippen molar-refractivity contribution < 1.29 is 14.7 Å². The number of rotatable bonds is 5. The minimum atomic E-state index is -0.754. The molecular formula is C18H22N2O3. The second-order valence-electron chi connectivity index (χ2n) is 6.42. The number of aromatic nitrogens is 1. The molecule has 2 atom stereocenters. The topological polar surface area (TPSA) is 82.2 Å². The lowest BCUT2D eigenvalue weighted by molar-refractivity contribution is -0.141. The van der Waals surface area contributed by atoms with Crippen molar-refractivity contribution in [2.24, 2.45) is 5.92 Å². The number of H-pyrrole nitrogens is 1. The Labute approximate surface area is 135 Å². The Bertz CT molecular complexity index is 735. The molecular weight excluding hydrogens is 292 g/mol. The largest absolute Gasteiger partial charge is 0.481 e. The summed E-state index contributed by atoms with van der Waals surface area (Å²) in [6.45, 7) is 2.06. The minimum absolute atomic E-state index is 0.00282. The predicted octanol–water partition coefficient (Wildman–Crippen LogP) is 2.78. The number of amides is 1. The maximum absolute atomic E-state index is 12.1. The van der Waals surface area contributed by atoms with Gasteiger partial charge in [-0.05, 0) is 43.7 Å². The number of nitrogens with one attached hydrogen (secondary N) is 2. The molecule has 1 amide bonds. The Morgan fingerprint density at radius 1 is 1.35 bits per heavy atom. The van der Waals surface area contributed by atoms with E-state index in [0.717, 1.165) is 17.5 Å². The number of aliphatic carboxylic acids is 1. The summed E-state index contributed by atoms with van der Waals surface area (Å²) in [4.78, 5) is 26.3. The molecule has 0 bridgehead atoms. The van der Waals surface area contributed by atoms with Crippen LogP contribution in [0, 0.1) is 12.8 Å². The summed E-state index contributed by atoms with van der Waals surface area (Å²) in [5.74, 6) is -1.06. The van der Waals surface area contributed by atoms with E-state index < -0.39 is 5.97 Å². The van der Waals surface area contributed by atoms with E-state index >= 15 is 0 Å². The number of carboxylic acids is 1. The van der Waals surface area contributed by atoms with Gasteiger partial charge in [-0.2, -0.15) is 0 Å². The van der Waals surface area contributed by atoms with Gasteiger partial charge in [-0.1, -0.05) is 18.2 Å². The van der Waals surface area contributed by atoms with Crippen molar-refractivity contribution in [1.29, 1.82) is 0 Å². The molecule has 1 fully saturated rings. The number of aryl methyl sites for hydroxylation is 2. The van der Waals surface area contributed by atoms with Crippen LogP contribution >= 0.6 is 0 Å². The molecule has 23 heavy (non-hydrogen) atoms. The first-order valence-corrected chi connectivity index (χ1v) is 8.12. The Hall–Kier alpha value is -2.30. The van der Waals surface area contributed by atoms with Gasteiger partial charge in [0, 0.05) is 29.6 Å². The molecule has 1 aliphatic rings. The van der Waals surface area contributed by atoms with Crippen LogP contribution in [-0.4, -0.2) is 28.0 Å². The molecule has 5 heteroatoms. The van der Waals surface area contributed by atoms with Crippen LogP contribution in [0.15, 0.2) is 24.4 Å². The van der Waals surface area contributed by atoms with Crippen LogP contribution in [0.25, 0.3) is 10.9 Å². The lowest BCUT2D eigenvalue weighted by atomic mass is 10.1. The van der Waals surface area contributed by atoms with E-state index in [0.29, 0.717) is 25.7 Å². The Morgan fingerprint density at radius 3 is 2.91 bits per heavy atom. The summed E-state index contributed by atoms with van der Waals surface area (Å²) in [7, 11) is 0. The van der Waals surface area contributed by atoms with E-state index in [-0.39, 0.29) is 17.9 Å². The smallest absolute Gasteiger partial charge is 0.306 e. The summed E-state index contributed by atoms with van der Waals surface area (Å²) >= 11 is 0. The SMILES string of the molecule is Cc1cccc2c(CCC(=O)N[C@@H]3CC[C@@H](C(=O)O)C3)c[nH]c12. The Balaban J connectivity index is 1.55. The molecule has 1 aliphatic carbocycles. The maximum Gasteiger partial charge on any atom is 0.306 e. The van der Waals surface area contributed by atoms with E-state index in [4.69, 9.17) is 5.11 Å². The highest BCUT2D eigenvalue weighted by atomic mass is 16.4. The van der Waals surface area contributed by atoms with Gasteiger partial charge in [0.15, 0.2) is 0 Å². The molecule has 1 saturated carbocycles. The quantitative estimate of drug-likeness (QED) is 0.793. The van der Waals surface area contributed by atoms with Gasteiger partial charge in [0.2, 0.25) is 5.91 Å². The van der Waals surface area contributed by atoms with Crippen LogP contribution in [0.4, 0.5) is 0 Å². The van der Waals surface area contributed by atoms with Gasteiger partial charge in [0.25, 0.3) is 0 Å². The zero-order valence-electron chi connectivity index (χ0n) is 13.3. The zero-order chi connectivity index (χ0) is 16.4. The van der Waals surface area contributed by atoms with Crippen LogP contribution in [0.2, 0.25) is 0 Å². The monoisotopic (exact) mass is 314 g/mol. The first kappa shape index (κ1) is 15.6. The van der Waals surface area contributed by atoms with Crippen LogP contribution in [0.1, 0.15) is 36.8 Å². The summed E-state index contributed by atoms with van der Waals surface area (Å²) in [6, 6.07) is 6.17. The van der Waals surface area contributed by atoms with Crippen LogP contribution in [-0.2, 0) is 16.0 Å². The predicted molar refractivity (Wildman–Crippen MR) is 88.3 cm³/mol. The number of hydrogen-bond acceptors (Lipinski definition) is 2. The third-order valence-electron chi connectivity index (χ3n) is 4.78. The Kier molecular flexibility index (Phi) is 4.37. The van der Waals surface area contributed by atoms with Crippen molar-refractivity contribution in [2.75, 3.05) is 0 Å². The second-order valence-corrected chi connectivity index (χ2v) is 6.42. The van der Waals surface area contributed by atoms with E-state index in [1.807, 2.05) is 12.3 Å². The lowest BCUT2D eigenvalue weighted by Crippen LogP contribution is -2.33. The molecule has 3 rings (SSSR count). The number of carbonyl (C=O) groups excluding carboxylic acids is 1. The van der Waals surface area contributed by atoms with Gasteiger partial charge in [0.05, 0.1) is 5.92 Å². The van der Waals surface area contributed by atoms with Crippen LogP contribution < -0.4 is 5.32 Å². The summed E-state index contributed by atoms with van der Waals surface area (Å²) in [5, 5.41) is 13.1. The molecule has 2 aromatic rings. The second kappa shape index (κ2) is 6.44. The average Bonchev–Trinajstić information content (AvgIpc) is 3.13. The van der Waals surface area contributed by atoms with Crippen molar-refractivity contribution in [1.82, 2.24) is 10.3 Å². The van der Waals surface area contributed by atoms with Crippen LogP contribution in [0.3, 0.4) is 0 Å². The summed E-state index contributed by atoms with van der Waals surface area (Å²) in [6.07, 6.45) is 5.05. The summed E-state index contributed by atoms with van der Waals surface area (Å²) in [5.41, 5.74) is 3.47. The third kappa shape index (κ3) is 3.38. The van der Waals surface area contributed by atoms with Crippen LogP contribution in [0.5, 0.6) is 0 Å². The van der Waals surface area contributed by atoms with Gasteiger partial charge in [0.1, 0.15) is 0 Å².